The van der Waals surface area contributed by atoms with Crippen molar-refractivity contribution < 1.29 is 9.59 Å². The number of likely N-dealkylation sites (tertiary alicyclic amines) is 1. The number of hydrogen-bond donors (Lipinski definition) is 2. The first-order valence-corrected chi connectivity index (χ1v) is 8.54. The normalized spacial score (nSPS) is 14.6. The van der Waals surface area contributed by atoms with Crippen molar-refractivity contribution in [2.75, 3.05) is 18.4 Å². The number of aromatic amines is 1. The number of rotatable bonds is 3. The van der Waals surface area contributed by atoms with Gasteiger partial charge in [0, 0.05) is 19.3 Å². The fourth-order valence-electron chi connectivity index (χ4n) is 3.01. The molecule has 1 fully saturated rings. The third-order valence-corrected chi connectivity index (χ3v) is 4.36. The monoisotopic (exact) mass is 339 g/mol. The molecule has 1 aliphatic heterocycles. The van der Waals surface area contributed by atoms with E-state index in [4.69, 9.17) is 0 Å². The molecule has 130 valence electrons. The average Bonchev–Trinajstić information content (AvgIpc) is 2.91. The van der Waals surface area contributed by atoms with Crippen molar-refractivity contribution in [1.29, 1.82) is 0 Å². The van der Waals surface area contributed by atoms with E-state index in [9.17, 15) is 14.4 Å². The molecule has 25 heavy (non-hydrogen) atoms. The van der Waals surface area contributed by atoms with E-state index in [-0.39, 0.29) is 11.5 Å². The molecule has 1 aliphatic rings. The van der Waals surface area contributed by atoms with Crippen LogP contribution in [0.5, 0.6) is 0 Å². The number of amides is 2. The number of benzene rings is 1. The highest BCUT2D eigenvalue weighted by atomic mass is 16.2. The Hall–Kier alpha value is -2.89. The van der Waals surface area contributed by atoms with Gasteiger partial charge in [0.1, 0.15) is 5.56 Å². The Kier molecular flexibility index (Phi) is 5.28. The second-order valence-electron chi connectivity index (χ2n) is 6.12. The first-order valence-electron chi connectivity index (χ1n) is 8.54. The van der Waals surface area contributed by atoms with Crippen molar-refractivity contribution in [2.24, 2.45) is 0 Å². The third kappa shape index (κ3) is 3.96. The largest absolute Gasteiger partial charge is 0.339 e. The number of pyridine rings is 1. The van der Waals surface area contributed by atoms with Crippen molar-refractivity contribution in [3.63, 3.8) is 0 Å². The van der Waals surface area contributed by atoms with E-state index in [2.05, 4.69) is 10.3 Å². The van der Waals surface area contributed by atoms with E-state index < -0.39 is 11.5 Å². The van der Waals surface area contributed by atoms with E-state index in [0.29, 0.717) is 11.3 Å². The summed E-state index contributed by atoms with van der Waals surface area (Å²) in [7, 11) is 0. The number of carbonyl (C=O) groups is 2. The molecule has 6 heteroatoms. The van der Waals surface area contributed by atoms with E-state index >= 15 is 0 Å². The quantitative estimate of drug-likeness (QED) is 0.902. The van der Waals surface area contributed by atoms with Gasteiger partial charge < -0.3 is 15.2 Å². The van der Waals surface area contributed by atoms with Crippen LogP contribution in [-0.2, 0) is 0 Å². The zero-order valence-electron chi connectivity index (χ0n) is 14.0. The molecular weight excluding hydrogens is 318 g/mol. The Morgan fingerprint density at radius 2 is 1.60 bits per heavy atom. The highest BCUT2D eigenvalue weighted by Gasteiger charge is 2.21. The van der Waals surface area contributed by atoms with Crippen LogP contribution in [0.25, 0.3) is 0 Å². The van der Waals surface area contributed by atoms with Gasteiger partial charge in [0.05, 0.1) is 11.3 Å². The fraction of sp³-hybridized carbons (Fsp3) is 0.316. The molecule has 1 aromatic heterocycles. The van der Waals surface area contributed by atoms with Crippen molar-refractivity contribution in [3.05, 3.63) is 64.1 Å². The van der Waals surface area contributed by atoms with Gasteiger partial charge in [-0.3, -0.25) is 14.4 Å². The lowest BCUT2D eigenvalue weighted by atomic mass is 10.1. The topological polar surface area (TPSA) is 82.3 Å². The van der Waals surface area contributed by atoms with Crippen LogP contribution in [0, 0.1) is 0 Å². The number of anilines is 1. The second-order valence-corrected chi connectivity index (χ2v) is 6.12. The van der Waals surface area contributed by atoms with Crippen LogP contribution in [0.1, 0.15) is 46.4 Å². The van der Waals surface area contributed by atoms with Gasteiger partial charge in [-0.1, -0.05) is 25.0 Å². The molecule has 2 aromatic rings. The van der Waals surface area contributed by atoms with Gasteiger partial charge in [0.2, 0.25) is 0 Å². The SMILES string of the molecule is O=C(Nc1ccccc1C(=O)N1CCCCCC1)c1ccc[nH]c1=O. The number of nitrogens with zero attached hydrogens (tertiary/aromatic N) is 1. The number of H-pyrrole nitrogens is 1. The van der Waals surface area contributed by atoms with Gasteiger partial charge in [-0.05, 0) is 37.1 Å². The lowest BCUT2D eigenvalue weighted by Gasteiger charge is -2.22. The van der Waals surface area contributed by atoms with Gasteiger partial charge in [0.25, 0.3) is 17.4 Å². The molecule has 0 atom stereocenters. The van der Waals surface area contributed by atoms with Gasteiger partial charge in [-0.25, -0.2) is 0 Å². The van der Waals surface area contributed by atoms with Gasteiger partial charge in [0.15, 0.2) is 0 Å². The molecule has 3 rings (SSSR count). The number of carbonyl (C=O) groups excluding carboxylic acids is 2. The summed E-state index contributed by atoms with van der Waals surface area (Å²) >= 11 is 0. The van der Waals surface area contributed by atoms with Crippen LogP contribution in [0.4, 0.5) is 5.69 Å². The predicted octanol–water partition coefficient (Wildman–Crippen LogP) is 2.64. The van der Waals surface area contributed by atoms with Crippen LogP contribution in [0.3, 0.4) is 0 Å². The minimum Gasteiger partial charge on any atom is -0.339 e. The lowest BCUT2D eigenvalue weighted by molar-refractivity contribution is 0.0762. The first-order chi connectivity index (χ1) is 12.2. The Bertz CT molecular complexity index is 820. The van der Waals surface area contributed by atoms with E-state index in [1.165, 1.54) is 12.3 Å². The second kappa shape index (κ2) is 7.79. The summed E-state index contributed by atoms with van der Waals surface area (Å²) in [5, 5.41) is 2.70. The molecule has 0 bridgehead atoms. The summed E-state index contributed by atoms with van der Waals surface area (Å²) in [6.45, 7) is 1.47. The molecule has 0 aliphatic carbocycles. The summed E-state index contributed by atoms with van der Waals surface area (Å²) in [5.41, 5.74) is 0.422. The maximum atomic E-state index is 12.9. The van der Waals surface area contributed by atoms with Gasteiger partial charge in [-0.2, -0.15) is 0 Å². The molecule has 2 amide bonds. The first kappa shape index (κ1) is 17.0. The number of aromatic nitrogens is 1. The van der Waals surface area contributed by atoms with Crippen molar-refractivity contribution in [2.45, 2.75) is 25.7 Å². The third-order valence-electron chi connectivity index (χ3n) is 4.36. The minimum atomic E-state index is -0.530. The van der Waals surface area contributed by atoms with Gasteiger partial charge in [-0.15, -0.1) is 0 Å². The summed E-state index contributed by atoms with van der Waals surface area (Å²) in [6.07, 6.45) is 5.74. The number of nitrogens with one attached hydrogen (secondary N) is 2. The molecule has 0 radical (unpaired) electrons. The molecule has 1 aromatic carbocycles. The van der Waals surface area contributed by atoms with Crippen LogP contribution < -0.4 is 10.9 Å². The van der Waals surface area contributed by atoms with E-state index in [1.807, 2.05) is 4.90 Å². The highest BCUT2D eigenvalue weighted by Crippen LogP contribution is 2.20. The maximum absolute atomic E-state index is 12.9. The minimum absolute atomic E-state index is 0.0134. The van der Waals surface area contributed by atoms with Crippen LogP contribution >= 0.6 is 0 Å². The Morgan fingerprint density at radius 1 is 0.920 bits per heavy atom. The zero-order chi connectivity index (χ0) is 17.6. The fourth-order valence-corrected chi connectivity index (χ4v) is 3.01. The molecular formula is C19H21N3O3. The summed E-state index contributed by atoms with van der Waals surface area (Å²) in [4.78, 5) is 41.3. The lowest BCUT2D eigenvalue weighted by Crippen LogP contribution is -2.32. The Labute approximate surface area is 145 Å². The standard InChI is InChI=1S/C19H21N3O3/c23-17-15(9-7-11-20-17)18(24)21-16-10-4-3-8-14(16)19(25)22-12-5-1-2-6-13-22/h3-4,7-11H,1-2,5-6,12-13H2,(H,20,23)(H,21,24). The summed E-state index contributed by atoms with van der Waals surface area (Å²) in [5.74, 6) is -0.613. The molecule has 0 spiro atoms. The van der Waals surface area contributed by atoms with Gasteiger partial charge >= 0.3 is 0 Å². The van der Waals surface area contributed by atoms with Crippen LogP contribution in [0.2, 0.25) is 0 Å². The van der Waals surface area contributed by atoms with E-state index in [1.54, 1.807) is 30.3 Å². The molecule has 2 N–H and O–H groups in total. The molecule has 0 unspecified atom stereocenters. The van der Waals surface area contributed by atoms with Crippen molar-refractivity contribution >= 4 is 17.5 Å². The molecule has 2 heterocycles. The number of para-hydroxylation sites is 1. The van der Waals surface area contributed by atoms with Crippen LogP contribution in [-0.4, -0.2) is 34.8 Å². The highest BCUT2D eigenvalue weighted by molar-refractivity contribution is 6.08. The van der Waals surface area contributed by atoms with Crippen molar-refractivity contribution in [3.8, 4) is 0 Å². The Morgan fingerprint density at radius 3 is 2.32 bits per heavy atom. The van der Waals surface area contributed by atoms with Crippen LogP contribution in [0.15, 0.2) is 47.4 Å². The molecule has 6 nitrogen and oxygen atoms in total. The molecule has 1 saturated heterocycles. The number of hydrogen-bond acceptors (Lipinski definition) is 3. The van der Waals surface area contributed by atoms with Crippen molar-refractivity contribution in [1.82, 2.24) is 9.88 Å². The summed E-state index contributed by atoms with van der Waals surface area (Å²) in [6, 6.07) is 9.95. The average molecular weight is 339 g/mol. The predicted molar refractivity (Wildman–Crippen MR) is 95.8 cm³/mol. The smallest absolute Gasteiger partial charge is 0.261 e. The molecule has 0 saturated carbocycles. The maximum Gasteiger partial charge on any atom is 0.261 e. The zero-order valence-corrected chi connectivity index (χ0v) is 14.0. The van der Waals surface area contributed by atoms with E-state index in [0.717, 1.165) is 38.8 Å². The summed E-state index contributed by atoms with van der Waals surface area (Å²) < 4.78 is 0. The Balaban J connectivity index is 1.83.